The Labute approximate surface area is 81.7 Å². The van der Waals surface area contributed by atoms with Crippen LogP contribution in [0.25, 0.3) is 0 Å². The lowest BCUT2D eigenvalue weighted by Crippen LogP contribution is -2.32. The van der Waals surface area contributed by atoms with Crippen molar-refractivity contribution in [1.82, 2.24) is 5.48 Å². The fourth-order valence-electron chi connectivity index (χ4n) is 1.28. The van der Waals surface area contributed by atoms with Gasteiger partial charge in [0.25, 0.3) is 0 Å². The molecule has 0 aromatic heterocycles. The Kier molecular flexibility index (Phi) is 4.12. The fraction of sp³-hybridized carbons (Fsp3) is 0.556. The van der Waals surface area contributed by atoms with Crippen LogP contribution in [-0.2, 0) is 14.4 Å². The second-order valence-electron chi connectivity index (χ2n) is 3.13. The molecule has 0 heterocycles. The predicted molar refractivity (Wildman–Crippen MR) is 48.2 cm³/mol. The highest BCUT2D eigenvalue weighted by Gasteiger charge is 2.18. The normalized spacial score (nSPS) is 20.4. The summed E-state index contributed by atoms with van der Waals surface area (Å²) < 4.78 is 0. The van der Waals surface area contributed by atoms with Gasteiger partial charge in [-0.25, -0.2) is 10.3 Å². The summed E-state index contributed by atoms with van der Waals surface area (Å²) in [5, 5.41) is 8.25. The minimum Gasteiger partial charge on any atom is -0.479 e. The van der Waals surface area contributed by atoms with Crippen molar-refractivity contribution in [2.24, 2.45) is 5.92 Å². The lowest BCUT2D eigenvalue weighted by Gasteiger charge is -2.16. The van der Waals surface area contributed by atoms with Crippen molar-refractivity contribution >= 4 is 11.9 Å². The van der Waals surface area contributed by atoms with Gasteiger partial charge in [-0.3, -0.25) is 9.63 Å². The molecule has 1 amide bonds. The third kappa shape index (κ3) is 3.57. The standard InChI is InChI=1S/C9H13NO4/c11-8(12)6-14-10-9(13)7-4-2-1-3-5-7/h1-2,7H,3-6H2,(H,10,13)(H,11,12). The Morgan fingerprint density at radius 2 is 2.29 bits per heavy atom. The average molecular weight is 199 g/mol. The number of hydroxylamine groups is 1. The second kappa shape index (κ2) is 5.39. The van der Waals surface area contributed by atoms with Gasteiger partial charge >= 0.3 is 5.97 Å². The van der Waals surface area contributed by atoms with E-state index in [0.29, 0.717) is 6.42 Å². The van der Waals surface area contributed by atoms with E-state index in [1.807, 2.05) is 12.2 Å². The van der Waals surface area contributed by atoms with Crippen molar-refractivity contribution in [3.8, 4) is 0 Å². The number of allylic oxidation sites excluding steroid dienone is 2. The van der Waals surface area contributed by atoms with Gasteiger partial charge < -0.3 is 5.11 Å². The minimum absolute atomic E-state index is 0.0891. The van der Waals surface area contributed by atoms with Gasteiger partial charge in [0.15, 0.2) is 6.61 Å². The predicted octanol–water partition coefficient (Wildman–Crippen LogP) is 0.475. The first-order valence-corrected chi connectivity index (χ1v) is 4.48. The summed E-state index contributed by atoms with van der Waals surface area (Å²) in [4.78, 5) is 25.9. The van der Waals surface area contributed by atoms with E-state index in [0.717, 1.165) is 12.8 Å². The lowest BCUT2D eigenvalue weighted by atomic mass is 9.94. The number of hydrogen-bond donors (Lipinski definition) is 2. The number of aliphatic carboxylic acids is 1. The number of carbonyl (C=O) groups excluding carboxylic acids is 1. The van der Waals surface area contributed by atoms with Gasteiger partial charge in [0.2, 0.25) is 5.91 Å². The molecular formula is C9H13NO4. The quantitative estimate of drug-likeness (QED) is 0.510. The highest BCUT2D eigenvalue weighted by atomic mass is 16.7. The number of carbonyl (C=O) groups is 2. The molecule has 0 fully saturated rings. The molecule has 0 saturated carbocycles. The summed E-state index contributed by atoms with van der Waals surface area (Å²) in [7, 11) is 0. The smallest absolute Gasteiger partial charge is 0.332 e. The molecule has 5 nitrogen and oxygen atoms in total. The van der Waals surface area contributed by atoms with Crippen LogP contribution in [0.4, 0.5) is 0 Å². The maximum Gasteiger partial charge on any atom is 0.332 e. The maximum absolute atomic E-state index is 11.3. The first kappa shape index (κ1) is 10.7. The second-order valence-corrected chi connectivity index (χ2v) is 3.13. The van der Waals surface area contributed by atoms with Crippen LogP contribution in [-0.4, -0.2) is 23.6 Å². The molecule has 78 valence electrons. The number of rotatable bonds is 4. The number of amides is 1. The van der Waals surface area contributed by atoms with Crippen molar-refractivity contribution in [2.45, 2.75) is 19.3 Å². The van der Waals surface area contributed by atoms with Gasteiger partial charge in [0.05, 0.1) is 0 Å². The highest BCUT2D eigenvalue weighted by Crippen LogP contribution is 2.17. The summed E-state index contributed by atoms with van der Waals surface area (Å²) >= 11 is 0. The van der Waals surface area contributed by atoms with Crippen LogP contribution in [0, 0.1) is 5.92 Å². The minimum atomic E-state index is -1.10. The molecule has 2 N–H and O–H groups in total. The zero-order valence-corrected chi connectivity index (χ0v) is 7.73. The molecule has 0 aromatic rings. The fourth-order valence-corrected chi connectivity index (χ4v) is 1.28. The van der Waals surface area contributed by atoms with Crippen LogP contribution in [0.3, 0.4) is 0 Å². The van der Waals surface area contributed by atoms with Gasteiger partial charge in [-0.1, -0.05) is 12.2 Å². The molecule has 0 aliphatic heterocycles. The van der Waals surface area contributed by atoms with Crippen LogP contribution in [0.15, 0.2) is 12.2 Å². The molecule has 1 unspecified atom stereocenters. The van der Waals surface area contributed by atoms with Crippen LogP contribution in [0.2, 0.25) is 0 Å². The molecule has 0 spiro atoms. The van der Waals surface area contributed by atoms with Crippen molar-refractivity contribution < 1.29 is 19.5 Å². The molecule has 0 bridgehead atoms. The zero-order valence-electron chi connectivity index (χ0n) is 7.73. The highest BCUT2D eigenvalue weighted by molar-refractivity contribution is 5.78. The van der Waals surface area contributed by atoms with Gasteiger partial charge in [0.1, 0.15) is 0 Å². The summed E-state index contributed by atoms with van der Waals surface area (Å²) in [5.74, 6) is -1.43. The molecule has 1 atom stereocenters. The van der Waals surface area contributed by atoms with Crippen molar-refractivity contribution in [3.63, 3.8) is 0 Å². The van der Waals surface area contributed by atoms with Crippen molar-refractivity contribution in [3.05, 3.63) is 12.2 Å². The SMILES string of the molecule is O=C(O)CONC(=O)C1CC=CCC1. The van der Waals surface area contributed by atoms with Crippen LogP contribution < -0.4 is 5.48 Å². The summed E-state index contributed by atoms with van der Waals surface area (Å²) in [6.45, 7) is -0.506. The zero-order chi connectivity index (χ0) is 10.4. The van der Waals surface area contributed by atoms with Crippen LogP contribution in [0.1, 0.15) is 19.3 Å². The number of carboxylic acids is 1. The monoisotopic (exact) mass is 199 g/mol. The van der Waals surface area contributed by atoms with E-state index in [1.54, 1.807) is 0 Å². The van der Waals surface area contributed by atoms with E-state index in [1.165, 1.54) is 0 Å². The first-order valence-electron chi connectivity index (χ1n) is 4.48. The molecular weight excluding hydrogens is 186 g/mol. The average Bonchev–Trinajstić information content (AvgIpc) is 2.18. The maximum atomic E-state index is 11.3. The largest absolute Gasteiger partial charge is 0.479 e. The third-order valence-electron chi connectivity index (χ3n) is 2.01. The topological polar surface area (TPSA) is 75.6 Å². The van der Waals surface area contributed by atoms with E-state index in [4.69, 9.17) is 5.11 Å². The molecule has 0 saturated heterocycles. The van der Waals surface area contributed by atoms with Crippen LogP contribution >= 0.6 is 0 Å². The summed E-state index contributed by atoms with van der Waals surface area (Å²) in [6.07, 6.45) is 6.35. The van der Waals surface area contributed by atoms with Gasteiger partial charge in [-0.2, -0.15) is 0 Å². The Bertz CT molecular complexity index is 249. The summed E-state index contributed by atoms with van der Waals surface area (Å²) in [5.41, 5.74) is 2.13. The van der Waals surface area contributed by atoms with E-state index < -0.39 is 12.6 Å². The number of nitrogens with one attached hydrogen (secondary N) is 1. The molecule has 1 rings (SSSR count). The number of hydrogen-bond acceptors (Lipinski definition) is 3. The Hall–Kier alpha value is -1.36. The van der Waals surface area contributed by atoms with Gasteiger partial charge in [0, 0.05) is 5.92 Å². The molecule has 14 heavy (non-hydrogen) atoms. The molecule has 1 aliphatic rings. The van der Waals surface area contributed by atoms with E-state index in [9.17, 15) is 9.59 Å². The lowest BCUT2D eigenvalue weighted by molar-refractivity contribution is -0.150. The Balaban J connectivity index is 2.20. The summed E-state index contributed by atoms with van der Waals surface area (Å²) in [6, 6.07) is 0. The van der Waals surface area contributed by atoms with Gasteiger partial charge in [-0.15, -0.1) is 0 Å². The molecule has 5 heteroatoms. The molecule has 0 aromatic carbocycles. The molecule has 0 radical (unpaired) electrons. The van der Waals surface area contributed by atoms with Gasteiger partial charge in [-0.05, 0) is 19.3 Å². The van der Waals surface area contributed by atoms with E-state index in [2.05, 4.69) is 10.3 Å². The Morgan fingerprint density at radius 3 is 2.86 bits per heavy atom. The van der Waals surface area contributed by atoms with Crippen LogP contribution in [0.5, 0.6) is 0 Å². The Morgan fingerprint density at radius 1 is 1.50 bits per heavy atom. The number of carboxylic acid groups (broad SMARTS) is 1. The van der Waals surface area contributed by atoms with E-state index >= 15 is 0 Å². The van der Waals surface area contributed by atoms with E-state index in [-0.39, 0.29) is 11.8 Å². The van der Waals surface area contributed by atoms with Crippen molar-refractivity contribution in [2.75, 3.05) is 6.61 Å². The third-order valence-corrected chi connectivity index (χ3v) is 2.01. The first-order chi connectivity index (χ1) is 6.70. The van der Waals surface area contributed by atoms with Crippen molar-refractivity contribution in [1.29, 1.82) is 0 Å². The molecule has 1 aliphatic carbocycles.